The van der Waals surface area contributed by atoms with Crippen molar-refractivity contribution in [3.8, 4) is 0 Å². The zero-order valence-electron chi connectivity index (χ0n) is 10.0. The van der Waals surface area contributed by atoms with Gasteiger partial charge in [0.25, 0.3) is 0 Å². The Kier molecular flexibility index (Phi) is 3.65. The molecule has 0 amide bonds. The Morgan fingerprint density at radius 1 is 1.50 bits per heavy atom. The van der Waals surface area contributed by atoms with Gasteiger partial charge in [-0.3, -0.25) is 0 Å². The highest BCUT2D eigenvalue weighted by atomic mass is 15.2. The average molecular weight is 219 g/mol. The minimum absolute atomic E-state index is 0.660. The molecule has 2 rings (SSSR count). The van der Waals surface area contributed by atoms with Crippen LogP contribution in [0, 0.1) is 0 Å². The quantitative estimate of drug-likeness (QED) is 0.850. The van der Waals surface area contributed by atoms with E-state index in [0.717, 1.165) is 18.1 Å². The highest BCUT2D eigenvalue weighted by Crippen LogP contribution is 2.26. The largest absolute Gasteiger partial charge is 0.399 e. The topological polar surface area (TPSA) is 42.1 Å². The molecule has 88 valence electrons. The molecule has 3 nitrogen and oxygen atoms in total. The van der Waals surface area contributed by atoms with Gasteiger partial charge in [0.2, 0.25) is 0 Å². The summed E-state index contributed by atoms with van der Waals surface area (Å²) < 4.78 is 0. The van der Waals surface area contributed by atoms with Crippen molar-refractivity contribution < 1.29 is 0 Å². The molecule has 1 unspecified atom stereocenters. The van der Waals surface area contributed by atoms with Crippen molar-refractivity contribution in [2.24, 2.45) is 0 Å². The Labute approximate surface area is 97.7 Å². The number of nitrogen functional groups attached to an aromatic ring is 1. The normalized spacial score (nSPS) is 21.1. The second-order valence-electron chi connectivity index (χ2n) is 4.58. The lowest BCUT2D eigenvalue weighted by atomic mass is 9.98. The van der Waals surface area contributed by atoms with Crippen molar-refractivity contribution in [2.75, 3.05) is 17.2 Å². The number of nitrogens with two attached hydrogens (primary N) is 1. The summed E-state index contributed by atoms with van der Waals surface area (Å²) in [5.41, 5.74) is 6.63. The number of aromatic nitrogens is 1. The van der Waals surface area contributed by atoms with Crippen LogP contribution >= 0.6 is 0 Å². The predicted octanol–water partition coefficient (Wildman–Crippen LogP) is 2.82. The molecule has 2 heterocycles. The maximum Gasteiger partial charge on any atom is 0.130 e. The molecule has 2 N–H and O–H groups in total. The van der Waals surface area contributed by atoms with Crippen LogP contribution in [-0.2, 0) is 0 Å². The molecule has 0 bridgehead atoms. The van der Waals surface area contributed by atoms with Gasteiger partial charge < -0.3 is 10.6 Å². The van der Waals surface area contributed by atoms with Crippen LogP contribution in [0.2, 0.25) is 0 Å². The fourth-order valence-corrected chi connectivity index (χ4v) is 2.53. The Hall–Kier alpha value is -1.25. The molecule has 1 saturated heterocycles. The maximum atomic E-state index is 5.82. The molecule has 16 heavy (non-hydrogen) atoms. The minimum Gasteiger partial charge on any atom is -0.399 e. The molecule has 0 spiro atoms. The molecule has 0 saturated carbocycles. The lowest BCUT2D eigenvalue weighted by molar-refractivity contribution is 0.432. The third kappa shape index (κ3) is 2.46. The Morgan fingerprint density at radius 2 is 2.38 bits per heavy atom. The molecule has 0 aromatic carbocycles. The Bertz CT molecular complexity index is 336. The van der Waals surface area contributed by atoms with E-state index >= 15 is 0 Å². The number of nitrogens with zero attached hydrogens (tertiary/aromatic N) is 2. The molecule has 1 fully saturated rings. The van der Waals surface area contributed by atoms with Crippen molar-refractivity contribution in [3.63, 3.8) is 0 Å². The predicted molar refractivity (Wildman–Crippen MR) is 68.5 cm³/mol. The first-order valence-electron chi connectivity index (χ1n) is 6.29. The van der Waals surface area contributed by atoms with Gasteiger partial charge in [-0.25, -0.2) is 4.98 Å². The summed E-state index contributed by atoms with van der Waals surface area (Å²) in [6, 6.07) is 4.50. The van der Waals surface area contributed by atoms with Crippen molar-refractivity contribution in [3.05, 3.63) is 18.3 Å². The molecule has 1 aliphatic heterocycles. The summed E-state index contributed by atoms with van der Waals surface area (Å²) in [7, 11) is 0. The first kappa shape index (κ1) is 11.2. The van der Waals surface area contributed by atoms with E-state index in [0.29, 0.717) is 6.04 Å². The number of rotatable bonds is 3. The Morgan fingerprint density at radius 3 is 3.12 bits per heavy atom. The summed E-state index contributed by atoms with van der Waals surface area (Å²) in [6.07, 6.45) is 8.23. The summed E-state index contributed by atoms with van der Waals surface area (Å²) in [5, 5.41) is 0. The number of hydrogen-bond acceptors (Lipinski definition) is 3. The minimum atomic E-state index is 0.660. The molecule has 0 radical (unpaired) electrons. The summed E-state index contributed by atoms with van der Waals surface area (Å²) in [5.74, 6) is 1.05. The van der Waals surface area contributed by atoms with Crippen molar-refractivity contribution in [1.82, 2.24) is 4.98 Å². The highest BCUT2D eigenvalue weighted by Gasteiger charge is 2.22. The fourth-order valence-electron chi connectivity index (χ4n) is 2.53. The van der Waals surface area contributed by atoms with Crippen molar-refractivity contribution >= 4 is 11.5 Å². The van der Waals surface area contributed by atoms with Crippen molar-refractivity contribution in [2.45, 2.75) is 45.1 Å². The third-order valence-corrected chi connectivity index (χ3v) is 3.31. The standard InChI is InChI=1S/C13H21N3/c1-2-5-12-6-3-4-9-16(12)13-10-11(14)7-8-15-13/h7-8,10,12H,2-6,9H2,1H3,(H2,14,15). The third-order valence-electron chi connectivity index (χ3n) is 3.31. The van der Waals surface area contributed by atoms with Crippen LogP contribution in [0.3, 0.4) is 0 Å². The van der Waals surface area contributed by atoms with Crippen LogP contribution in [-0.4, -0.2) is 17.6 Å². The van der Waals surface area contributed by atoms with Gasteiger partial charge in [-0.1, -0.05) is 13.3 Å². The number of pyridine rings is 1. The number of piperidine rings is 1. The van der Waals surface area contributed by atoms with Crippen LogP contribution in [0.25, 0.3) is 0 Å². The highest BCUT2D eigenvalue weighted by molar-refractivity contribution is 5.51. The second-order valence-corrected chi connectivity index (χ2v) is 4.58. The van der Waals surface area contributed by atoms with Crippen LogP contribution in [0.15, 0.2) is 18.3 Å². The molecule has 3 heteroatoms. The van der Waals surface area contributed by atoms with Crippen molar-refractivity contribution in [1.29, 1.82) is 0 Å². The van der Waals surface area contributed by atoms with E-state index in [9.17, 15) is 0 Å². The number of anilines is 2. The van der Waals surface area contributed by atoms with Crippen LogP contribution < -0.4 is 10.6 Å². The average Bonchev–Trinajstić information content (AvgIpc) is 2.30. The van der Waals surface area contributed by atoms with E-state index in [2.05, 4.69) is 16.8 Å². The Balaban J connectivity index is 2.16. The molecule has 1 aromatic rings. The van der Waals surface area contributed by atoms with Gasteiger partial charge in [-0.2, -0.15) is 0 Å². The molecule has 1 aromatic heterocycles. The van der Waals surface area contributed by atoms with Gasteiger partial charge in [-0.15, -0.1) is 0 Å². The first-order chi connectivity index (χ1) is 7.81. The van der Waals surface area contributed by atoms with E-state index in [4.69, 9.17) is 5.73 Å². The second kappa shape index (κ2) is 5.19. The lowest BCUT2D eigenvalue weighted by Crippen LogP contribution is -2.40. The van der Waals surface area contributed by atoms with E-state index in [1.807, 2.05) is 18.3 Å². The van der Waals surface area contributed by atoms with E-state index in [1.165, 1.54) is 32.1 Å². The van der Waals surface area contributed by atoms with Gasteiger partial charge in [0, 0.05) is 30.5 Å². The van der Waals surface area contributed by atoms with Gasteiger partial charge >= 0.3 is 0 Å². The monoisotopic (exact) mass is 219 g/mol. The fraction of sp³-hybridized carbons (Fsp3) is 0.615. The molecule has 0 aliphatic carbocycles. The maximum absolute atomic E-state index is 5.82. The van der Waals surface area contributed by atoms with Gasteiger partial charge in [0.15, 0.2) is 0 Å². The molecule has 1 atom stereocenters. The van der Waals surface area contributed by atoms with Gasteiger partial charge in [0.05, 0.1) is 0 Å². The molecular formula is C13H21N3. The van der Waals surface area contributed by atoms with Gasteiger partial charge in [0.1, 0.15) is 5.82 Å². The SMILES string of the molecule is CCCC1CCCCN1c1cc(N)ccn1. The summed E-state index contributed by atoms with van der Waals surface area (Å²) in [4.78, 5) is 6.88. The zero-order valence-corrected chi connectivity index (χ0v) is 10.0. The summed E-state index contributed by atoms with van der Waals surface area (Å²) >= 11 is 0. The van der Waals surface area contributed by atoms with E-state index in [-0.39, 0.29) is 0 Å². The first-order valence-corrected chi connectivity index (χ1v) is 6.29. The zero-order chi connectivity index (χ0) is 11.4. The van der Waals surface area contributed by atoms with Crippen LogP contribution in [0.4, 0.5) is 11.5 Å². The van der Waals surface area contributed by atoms with Crippen LogP contribution in [0.1, 0.15) is 39.0 Å². The van der Waals surface area contributed by atoms with Crippen LogP contribution in [0.5, 0.6) is 0 Å². The van der Waals surface area contributed by atoms with E-state index < -0.39 is 0 Å². The lowest BCUT2D eigenvalue weighted by Gasteiger charge is -2.36. The molecule has 1 aliphatic rings. The van der Waals surface area contributed by atoms with E-state index in [1.54, 1.807) is 0 Å². The smallest absolute Gasteiger partial charge is 0.130 e. The van der Waals surface area contributed by atoms with Gasteiger partial charge in [-0.05, 0) is 31.7 Å². The number of hydrogen-bond donors (Lipinski definition) is 1. The molecular weight excluding hydrogens is 198 g/mol. The summed E-state index contributed by atoms with van der Waals surface area (Å²) in [6.45, 7) is 3.38.